The number of carbonyl (C=O) groups excluding carboxylic acids is 1. The number of unbranched alkanes of at least 4 members (excludes halogenated alkanes) is 2. The number of benzene rings is 1. The average Bonchev–Trinajstić information content (AvgIpc) is 2.38. The molecule has 106 valence electrons. The van der Waals surface area contributed by atoms with Gasteiger partial charge in [0.2, 0.25) is 0 Å². The largest absolute Gasteiger partial charge is 0.465 e. The van der Waals surface area contributed by atoms with Gasteiger partial charge < -0.3 is 15.4 Å². The molecule has 4 nitrogen and oxygen atoms in total. The molecule has 0 aromatic heterocycles. The van der Waals surface area contributed by atoms with Crippen molar-refractivity contribution in [1.82, 2.24) is 4.90 Å². The maximum absolute atomic E-state index is 11.8. The number of nitrogens with two attached hydrogens (primary N) is 1. The van der Waals surface area contributed by atoms with Crippen LogP contribution in [-0.4, -0.2) is 31.6 Å². The number of rotatable bonds is 7. The van der Waals surface area contributed by atoms with Gasteiger partial charge >= 0.3 is 5.97 Å². The summed E-state index contributed by atoms with van der Waals surface area (Å²) >= 11 is 0. The van der Waals surface area contributed by atoms with Crippen molar-refractivity contribution < 1.29 is 9.53 Å². The summed E-state index contributed by atoms with van der Waals surface area (Å²) in [5, 5.41) is 0. The minimum Gasteiger partial charge on any atom is -0.465 e. The fourth-order valence-corrected chi connectivity index (χ4v) is 2.10. The van der Waals surface area contributed by atoms with Gasteiger partial charge in [0.1, 0.15) is 0 Å². The number of esters is 1. The number of hydrogen-bond donors (Lipinski definition) is 1. The Morgan fingerprint density at radius 2 is 2.11 bits per heavy atom. The molecule has 0 bridgehead atoms. The second kappa shape index (κ2) is 7.79. The second-order valence-electron chi connectivity index (χ2n) is 4.82. The van der Waals surface area contributed by atoms with Gasteiger partial charge in [-0.3, -0.25) is 0 Å². The van der Waals surface area contributed by atoms with Gasteiger partial charge in [0.05, 0.1) is 12.7 Å². The molecule has 19 heavy (non-hydrogen) atoms. The Labute approximate surface area is 115 Å². The molecule has 0 aliphatic carbocycles. The molecule has 0 amide bonds. The Bertz CT molecular complexity index is 419. The smallest absolute Gasteiger partial charge is 0.340 e. The fraction of sp³-hybridized carbons (Fsp3) is 0.533. The molecule has 1 aromatic carbocycles. The number of ether oxygens (including phenoxy) is 1. The molecule has 0 aliphatic rings. The molecule has 0 radical (unpaired) electrons. The molecule has 0 fully saturated rings. The second-order valence-corrected chi connectivity index (χ2v) is 4.82. The van der Waals surface area contributed by atoms with Crippen molar-refractivity contribution in [1.29, 1.82) is 0 Å². The monoisotopic (exact) mass is 264 g/mol. The van der Waals surface area contributed by atoms with E-state index in [1.54, 1.807) is 6.07 Å². The summed E-state index contributed by atoms with van der Waals surface area (Å²) in [6, 6.07) is 5.53. The predicted molar refractivity (Wildman–Crippen MR) is 78.1 cm³/mol. The van der Waals surface area contributed by atoms with Crippen LogP contribution in [0.15, 0.2) is 18.2 Å². The van der Waals surface area contributed by atoms with Crippen LogP contribution >= 0.6 is 0 Å². The van der Waals surface area contributed by atoms with Crippen molar-refractivity contribution in [2.24, 2.45) is 0 Å². The molecule has 4 heteroatoms. The molecule has 0 aliphatic heterocycles. The van der Waals surface area contributed by atoms with E-state index in [0.717, 1.165) is 12.1 Å². The van der Waals surface area contributed by atoms with Gasteiger partial charge in [0.25, 0.3) is 0 Å². The fourth-order valence-electron chi connectivity index (χ4n) is 2.10. The Kier molecular flexibility index (Phi) is 6.36. The molecule has 2 N–H and O–H groups in total. The minimum absolute atomic E-state index is 0.366. The first-order chi connectivity index (χ1) is 9.10. The third kappa shape index (κ3) is 4.56. The lowest BCUT2D eigenvalue weighted by atomic mass is 10.0. The lowest BCUT2D eigenvalue weighted by Gasteiger charge is -2.18. The van der Waals surface area contributed by atoms with E-state index in [0.29, 0.717) is 17.8 Å². The quantitative estimate of drug-likeness (QED) is 0.467. The predicted octanol–water partition coefficient (Wildman–Crippen LogP) is 2.68. The van der Waals surface area contributed by atoms with E-state index in [2.05, 4.69) is 18.9 Å². The maximum Gasteiger partial charge on any atom is 0.340 e. The Balaban J connectivity index is 2.77. The van der Waals surface area contributed by atoms with Crippen molar-refractivity contribution in [2.45, 2.75) is 32.7 Å². The summed E-state index contributed by atoms with van der Waals surface area (Å²) in [5.41, 5.74) is 7.77. The van der Waals surface area contributed by atoms with Gasteiger partial charge in [-0.2, -0.15) is 0 Å². The summed E-state index contributed by atoms with van der Waals surface area (Å²) in [6.45, 7) is 3.91. The van der Waals surface area contributed by atoms with Crippen LogP contribution in [0.1, 0.15) is 42.1 Å². The molecule has 0 saturated heterocycles. The van der Waals surface area contributed by atoms with Crippen LogP contribution in [0.3, 0.4) is 0 Å². The van der Waals surface area contributed by atoms with Crippen LogP contribution in [0.25, 0.3) is 0 Å². The number of nitrogens with zero attached hydrogens (tertiary/aromatic N) is 1. The van der Waals surface area contributed by atoms with E-state index in [1.165, 1.54) is 26.4 Å². The van der Waals surface area contributed by atoms with Crippen molar-refractivity contribution >= 4 is 11.7 Å². The van der Waals surface area contributed by atoms with Crippen LogP contribution in [-0.2, 0) is 11.3 Å². The van der Waals surface area contributed by atoms with Crippen LogP contribution in [0, 0.1) is 0 Å². The first-order valence-electron chi connectivity index (χ1n) is 6.74. The number of carbonyl (C=O) groups is 1. The highest BCUT2D eigenvalue weighted by atomic mass is 16.5. The Morgan fingerprint density at radius 1 is 1.37 bits per heavy atom. The Hall–Kier alpha value is -1.55. The summed E-state index contributed by atoms with van der Waals surface area (Å²) in [5.74, 6) is -0.366. The normalized spacial score (nSPS) is 10.7. The van der Waals surface area contributed by atoms with E-state index in [9.17, 15) is 4.79 Å². The third-order valence-electron chi connectivity index (χ3n) is 3.16. The van der Waals surface area contributed by atoms with E-state index in [-0.39, 0.29) is 5.97 Å². The molecule has 0 heterocycles. The molecular weight excluding hydrogens is 240 g/mol. The van der Waals surface area contributed by atoms with Crippen molar-refractivity contribution in [3.63, 3.8) is 0 Å². The number of anilines is 1. The van der Waals surface area contributed by atoms with E-state index < -0.39 is 0 Å². The van der Waals surface area contributed by atoms with Crippen molar-refractivity contribution in [3.05, 3.63) is 29.3 Å². The molecule has 0 spiro atoms. The first kappa shape index (κ1) is 15.5. The first-order valence-corrected chi connectivity index (χ1v) is 6.74. The molecule has 0 unspecified atom stereocenters. The van der Waals surface area contributed by atoms with Gasteiger partial charge in [-0.1, -0.05) is 31.9 Å². The minimum atomic E-state index is -0.366. The van der Waals surface area contributed by atoms with Crippen molar-refractivity contribution in [3.8, 4) is 0 Å². The van der Waals surface area contributed by atoms with Crippen LogP contribution < -0.4 is 5.73 Å². The third-order valence-corrected chi connectivity index (χ3v) is 3.16. The molecule has 0 saturated carbocycles. The summed E-state index contributed by atoms with van der Waals surface area (Å²) in [6.07, 6.45) is 3.60. The van der Waals surface area contributed by atoms with Gasteiger partial charge in [-0.25, -0.2) is 4.79 Å². The van der Waals surface area contributed by atoms with Gasteiger partial charge in [0, 0.05) is 12.2 Å². The average molecular weight is 264 g/mol. The van der Waals surface area contributed by atoms with Crippen LogP contribution in [0.4, 0.5) is 5.69 Å². The van der Waals surface area contributed by atoms with Crippen LogP contribution in [0.2, 0.25) is 0 Å². The van der Waals surface area contributed by atoms with E-state index in [4.69, 9.17) is 10.5 Å². The SMILES string of the molecule is CCCCCN(C)Cc1cccc(N)c1C(=O)OC. The maximum atomic E-state index is 11.8. The zero-order valence-corrected chi connectivity index (χ0v) is 12.1. The summed E-state index contributed by atoms with van der Waals surface area (Å²) in [4.78, 5) is 14.0. The van der Waals surface area contributed by atoms with Crippen molar-refractivity contribution in [2.75, 3.05) is 26.4 Å². The van der Waals surface area contributed by atoms with Gasteiger partial charge in [0.15, 0.2) is 0 Å². The number of methoxy groups -OCH3 is 1. The number of nitrogen functional groups attached to an aromatic ring is 1. The van der Waals surface area contributed by atoms with E-state index in [1.807, 2.05) is 12.1 Å². The number of hydrogen-bond acceptors (Lipinski definition) is 4. The molecule has 1 rings (SSSR count). The zero-order chi connectivity index (χ0) is 14.3. The lowest BCUT2D eigenvalue weighted by molar-refractivity contribution is 0.0600. The summed E-state index contributed by atoms with van der Waals surface area (Å²) in [7, 11) is 3.43. The highest BCUT2D eigenvalue weighted by molar-refractivity contribution is 5.96. The van der Waals surface area contributed by atoms with E-state index >= 15 is 0 Å². The summed E-state index contributed by atoms with van der Waals surface area (Å²) < 4.78 is 4.80. The standard InChI is InChI=1S/C15H24N2O2/c1-4-5-6-10-17(2)11-12-8-7-9-13(16)14(12)15(18)19-3/h7-9H,4-6,10-11,16H2,1-3H3. The van der Waals surface area contributed by atoms with Gasteiger partial charge in [-0.05, 0) is 31.6 Å². The molecular formula is C15H24N2O2. The molecule has 1 aromatic rings. The van der Waals surface area contributed by atoms with Crippen LogP contribution in [0.5, 0.6) is 0 Å². The zero-order valence-electron chi connectivity index (χ0n) is 12.1. The highest BCUT2D eigenvalue weighted by Crippen LogP contribution is 2.19. The topological polar surface area (TPSA) is 55.6 Å². The Morgan fingerprint density at radius 3 is 2.74 bits per heavy atom. The molecule has 0 atom stereocenters. The van der Waals surface area contributed by atoms with Gasteiger partial charge in [-0.15, -0.1) is 0 Å². The highest BCUT2D eigenvalue weighted by Gasteiger charge is 2.16. The lowest BCUT2D eigenvalue weighted by Crippen LogP contribution is -2.21.